The van der Waals surface area contributed by atoms with Crippen molar-refractivity contribution in [2.24, 2.45) is 0 Å². The fourth-order valence-corrected chi connectivity index (χ4v) is 2.31. The van der Waals surface area contributed by atoms with Gasteiger partial charge in [-0.1, -0.05) is 0 Å². The van der Waals surface area contributed by atoms with Gasteiger partial charge in [-0.05, 0) is 37.5 Å². The summed E-state index contributed by atoms with van der Waals surface area (Å²) in [5, 5.41) is 31.5. The minimum Gasteiger partial charge on any atom is -0.508 e. The Hall–Kier alpha value is -1.79. The molecule has 4 N–H and O–H groups in total. The van der Waals surface area contributed by atoms with Gasteiger partial charge in [-0.25, -0.2) is 4.79 Å². The van der Waals surface area contributed by atoms with Crippen LogP contribution >= 0.6 is 0 Å². The van der Waals surface area contributed by atoms with Crippen LogP contribution in [0.15, 0.2) is 18.2 Å². The van der Waals surface area contributed by atoms with Gasteiger partial charge in [0.2, 0.25) is 0 Å². The highest BCUT2D eigenvalue weighted by atomic mass is 16.5. The number of hydrogen-bond acceptors (Lipinski definition) is 5. The van der Waals surface area contributed by atoms with Crippen molar-refractivity contribution in [3.05, 3.63) is 23.8 Å². The first-order chi connectivity index (χ1) is 9.41. The van der Waals surface area contributed by atoms with Crippen LogP contribution in [0, 0.1) is 0 Å². The van der Waals surface area contributed by atoms with Crippen LogP contribution < -0.4 is 5.32 Å². The van der Waals surface area contributed by atoms with Crippen molar-refractivity contribution >= 4 is 5.97 Å². The minimum atomic E-state index is -1.40. The largest absolute Gasteiger partial charge is 0.508 e. The fraction of sp³-hybridized carbons (Fsp3) is 0.500. The maximum atomic E-state index is 11.6. The van der Waals surface area contributed by atoms with Crippen molar-refractivity contribution in [2.75, 3.05) is 13.2 Å². The standard InChI is InChI=1S/C14H19NO5/c1-14(13(18)19,15-8-12-3-2-4-20-12)9-5-10(16)7-11(17)6-9/h5-7,12,15-17H,2-4,8H2,1H3,(H,18,19). The molecule has 6 nitrogen and oxygen atoms in total. The summed E-state index contributed by atoms with van der Waals surface area (Å²) >= 11 is 0. The number of aromatic hydroxyl groups is 2. The van der Waals surface area contributed by atoms with Crippen LogP contribution in [-0.4, -0.2) is 40.5 Å². The van der Waals surface area contributed by atoms with Crippen LogP contribution in [0.25, 0.3) is 0 Å². The number of hydrogen-bond donors (Lipinski definition) is 4. The maximum Gasteiger partial charge on any atom is 0.328 e. The summed E-state index contributed by atoms with van der Waals surface area (Å²) in [6, 6.07) is 3.82. The van der Waals surface area contributed by atoms with E-state index in [1.165, 1.54) is 19.1 Å². The Morgan fingerprint density at radius 1 is 1.40 bits per heavy atom. The molecule has 0 radical (unpaired) electrons. The molecule has 0 aliphatic carbocycles. The molecule has 0 aromatic heterocycles. The van der Waals surface area contributed by atoms with Crippen molar-refractivity contribution in [3.8, 4) is 11.5 Å². The number of aliphatic carboxylic acids is 1. The lowest BCUT2D eigenvalue weighted by molar-refractivity contribution is -0.144. The van der Waals surface area contributed by atoms with Gasteiger partial charge in [0.05, 0.1) is 6.10 Å². The molecule has 1 aliphatic heterocycles. The van der Waals surface area contributed by atoms with Crippen LogP contribution in [0.3, 0.4) is 0 Å². The predicted molar refractivity (Wildman–Crippen MR) is 71.7 cm³/mol. The maximum absolute atomic E-state index is 11.6. The molecule has 0 bridgehead atoms. The number of phenolic OH excluding ortho intramolecular Hbond substituents is 2. The van der Waals surface area contributed by atoms with Gasteiger partial charge in [0.15, 0.2) is 0 Å². The summed E-state index contributed by atoms with van der Waals surface area (Å²) in [6.45, 7) is 2.60. The van der Waals surface area contributed by atoms with Crippen LogP contribution in [0.2, 0.25) is 0 Å². The highest BCUT2D eigenvalue weighted by Gasteiger charge is 2.36. The highest BCUT2D eigenvalue weighted by Crippen LogP contribution is 2.29. The van der Waals surface area contributed by atoms with Crippen molar-refractivity contribution in [3.63, 3.8) is 0 Å². The monoisotopic (exact) mass is 281 g/mol. The first-order valence-corrected chi connectivity index (χ1v) is 6.55. The Bertz CT molecular complexity index is 478. The third kappa shape index (κ3) is 3.02. The number of phenols is 2. The van der Waals surface area contributed by atoms with Gasteiger partial charge in [0, 0.05) is 19.2 Å². The molecule has 2 atom stereocenters. The van der Waals surface area contributed by atoms with E-state index in [4.69, 9.17) is 4.74 Å². The van der Waals surface area contributed by atoms with E-state index in [0.717, 1.165) is 18.9 Å². The van der Waals surface area contributed by atoms with E-state index in [1.807, 2.05) is 0 Å². The van der Waals surface area contributed by atoms with Crippen molar-refractivity contribution < 1.29 is 24.9 Å². The molecule has 2 rings (SSSR count). The van der Waals surface area contributed by atoms with Crippen LogP contribution in [0.5, 0.6) is 11.5 Å². The second kappa shape index (κ2) is 5.68. The average molecular weight is 281 g/mol. The first kappa shape index (κ1) is 14.6. The minimum absolute atomic E-state index is 0.000388. The summed E-state index contributed by atoms with van der Waals surface area (Å²) < 4.78 is 5.46. The second-order valence-electron chi connectivity index (χ2n) is 5.18. The van der Waals surface area contributed by atoms with Crippen molar-refractivity contribution in [1.82, 2.24) is 5.32 Å². The number of carboxylic acids is 1. The molecular formula is C14H19NO5. The Balaban J connectivity index is 2.21. The lowest BCUT2D eigenvalue weighted by Gasteiger charge is -2.28. The highest BCUT2D eigenvalue weighted by molar-refractivity contribution is 5.80. The van der Waals surface area contributed by atoms with Crippen molar-refractivity contribution in [2.45, 2.75) is 31.4 Å². The number of carbonyl (C=O) groups is 1. The van der Waals surface area contributed by atoms with Crippen LogP contribution in [0.1, 0.15) is 25.3 Å². The zero-order valence-electron chi connectivity index (χ0n) is 11.3. The fourth-order valence-electron chi connectivity index (χ4n) is 2.31. The average Bonchev–Trinajstić information content (AvgIpc) is 2.87. The summed E-state index contributed by atoms with van der Waals surface area (Å²) in [5.74, 6) is -1.43. The molecule has 2 unspecified atom stereocenters. The molecule has 20 heavy (non-hydrogen) atoms. The summed E-state index contributed by atoms with van der Waals surface area (Å²) in [7, 11) is 0. The second-order valence-corrected chi connectivity index (χ2v) is 5.18. The number of rotatable bonds is 5. The van der Waals surface area contributed by atoms with Gasteiger partial charge < -0.3 is 20.1 Å². The zero-order chi connectivity index (χ0) is 14.8. The lowest BCUT2D eigenvalue weighted by atomic mass is 9.91. The molecular weight excluding hydrogens is 262 g/mol. The Morgan fingerprint density at radius 3 is 2.55 bits per heavy atom. The van der Waals surface area contributed by atoms with E-state index in [0.29, 0.717) is 18.7 Å². The van der Waals surface area contributed by atoms with Crippen molar-refractivity contribution in [1.29, 1.82) is 0 Å². The van der Waals surface area contributed by atoms with Gasteiger partial charge in [0.25, 0.3) is 0 Å². The molecule has 1 aliphatic rings. The van der Waals surface area contributed by atoms with E-state index in [1.54, 1.807) is 0 Å². The molecule has 1 aromatic carbocycles. The first-order valence-electron chi connectivity index (χ1n) is 6.55. The van der Waals surface area contributed by atoms with Gasteiger partial charge in [-0.2, -0.15) is 0 Å². The smallest absolute Gasteiger partial charge is 0.328 e. The van der Waals surface area contributed by atoms with E-state index in [-0.39, 0.29) is 17.6 Å². The van der Waals surface area contributed by atoms with E-state index in [9.17, 15) is 20.1 Å². The summed E-state index contributed by atoms with van der Waals surface area (Å²) in [6.07, 6.45) is 1.87. The third-order valence-corrected chi connectivity index (χ3v) is 3.61. The molecule has 6 heteroatoms. The molecule has 0 spiro atoms. The summed E-state index contributed by atoms with van der Waals surface area (Å²) in [4.78, 5) is 11.6. The molecule has 1 fully saturated rings. The number of ether oxygens (including phenoxy) is 1. The summed E-state index contributed by atoms with van der Waals surface area (Å²) in [5.41, 5.74) is -1.11. The third-order valence-electron chi connectivity index (χ3n) is 3.61. The molecule has 110 valence electrons. The van der Waals surface area contributed by atoms with Gasteiger partial charge in [-0.3, -0.25) is 5.32 Å². The topological polar surface area (TPSA) is 99.0 Å². The van der Waals surface area contributed by atoms with E-state index >= 15 is 0 Å². The molecule has 0 amide bonds. The Kier molecular flexibility index (Phi) is 4.15. The number of nitrogens with one attached hydrogen (secondary N) is 1. The molecule has 1 heterocycles. The zero-order valence-corrected chi connectivity index (χ0v) is 11.3. The van der Waals surface area contributed by atoms with Gasteiger partial charge in [-0.15, -0.1) is 0 Å². The normalized spacial score (nSPS) is 21.6. The lowest BCUT2D eigenvalue weighted by Crippen LogP contribution is -2.49. The molecule has 0 saturated carbocycles. The van der Waals surface area contributed by atoms with Crippen LogP contribution in [-0.2, 0) is 15.1 Å². The van der Waals surface area contributed by atoms with E-state index < -0.39 is 11.5 Å². The Labute approximate surface area is 117 Å². The quantitative estimate of drug-likeness (QED) is 0.646. The van der Waals surface area contributed by atoms with Gasteiger partial charge >= 0.3 is 5.97 Å². The predicted octanol–water partition coefficient (Wildman–Crippen LogP) is 1.17. The number of benzene rings is 1. The van der Waals surface area contributed by atoms with Gasteiger partial charge in [0.1, 0.15) is 17.0 Å². The van der Waals surface area contributed by atoms with Crippen LogP contribution in [0.4, 0.5) is 0 Å². The van der Waals surface area contributed by atoms with E-state index in [2.05, 4.69) is 5.32 Å². The molecule has 1 aromatic rings. The molecule has 1 saturated heterocycles. The Morgan fingerprint density at radius 2 is 2.05 bits per heavy atom. The SMILES string of the molecule is CC(NCC1CCCO1)(C(=O)O)c1cc(O)cc(O)c1. The number of carboxylic acid groups (broad SMARTS) is 1.